The zero-order valence-corrected chi connectivity index (χ0v) is 10.9. The van der Waals surface area contributed by atoms with E-state index >= 15 is 0 Å². The van der Waals surface area contributed by atoms with Gasteiger partial charge >= 0.3 is 5.97 Å². The topological polar surface area (TPSA) is 63.3 Å². The summed E-state index contributed by atoms with van der Waals surface area (Å²) in [5, 5.41) is 7.73. The van der Waals surface area contributed by atoms with E-state index in [9.17, 15) is 4.79 Å². The summed E-state index contributed by atoms with van der Waals surface area (Å²) in [7, 11) is 0. The molecular weight excluding hydrogens is 249 g/mol. The Balaban J connectivity index is 0.000000325. The maximum atomic E-state index is 9.44. The van der Waals surface area contributed by atoms with Gasteiger partial charge in [0.2, 0.25) is 4.84 Å². The fourth-order valence-corrected chi connectivity index (χ4v) is 0.977. The van der Waals surface area contributed by atoms with Crippen molar-refractivity contribution in [3.8, 4) is 0 Å². The first-order valence-corrected chi connectivity index (χ1v) is 5.48. The van der Waals surface area contributed by atoms with E-state index in [1.165, 1.54) is 16.7 Å². The lowest BCUT2D eigenvalue weighted by atomic mass is 10.0. The molecule has 0 saturated heterocycles. The van der Waals surface area contributed by atoms with Gasteiger partial charge in [-0.3, -0.25) is 0 Å². The van der Waals surface area contributed by atoms with Gasteiger partial charge in [0.1, 0.15) is 0 Å². The van der Waals surface area contributed by atoms with Crippen molar-refractivity contribution in [3.63, 3.8) is 0 Å². The van der Waals surface area contributed by atoms with Crippen LogP contribution in [-0.2, 0) is 4.79 Å². The summed E-state index contributed by atoms with van der Waals surface area (Å²) in [5.74, 6) is -1.21. The number of carbonyl (C=O) groups is 1. The highest BCUT2D eigenvalue weighted by molar-refractivity contribution is 6.52. The molecule has 0 atom stereocenters. The number of aliphatic carboxylic acids is 1. The van der Waals surface area contributed by atoms with Gasteiger partial charge in [-0.2, -0.15) is 0 Å². The van der Waals surface area contributed by atoms with Crippen molar-refractivity contribution in [3.05, 3.63) is 28.8 Å². The molecule has 1 aromatic rings. The molecule has 0 unspecified atom stereocenters. The van der Waals surface area contributed by atoms with E-state index in [4.69, 9.17) is 34.0 Å². The quantitative estimate of drug-likeness (QED) is 0.605. The van der Waals surface area contributed by atoms with Crippen molar-refractivity contribution >= 4 is 34.9 Å². The second-order valence-corrected chi connectivity index (χ2v) is 4.46. The van der Waals surface area contributed by atoms with Crippen LogP contribution >= 0.6 is 23.2 Å². The lowest BCUT2D eigenvalue weighted by Gasteiger charge is -2.05. The molecule has 0 saturated carbocycles. The smallest absolute Gasteiger partial charge is 0.337 e. The highest BCUT2D eigenvalue weighted by Crippen LogP contribution is 2.17. The molecule has 3 nitrogen and oxygen atoms in total. The molecular formula is C11H15Cl2NO2. The van der Waals surface area contributed by atoms with Gasteiger partial charge in [-0.15, -0.1) is 0 Å². The normalized spacial score (nSPS) is 9.62. The number of carboxylic acid groups (broad SMARTS) is 1. The van der Waals surface area contributed by atoms with Gasteiger partial charge in [0.15, 0.2) is 0 Å². The minimum atomic E-state index is -1.29. The second kappa shape index (κ2) is 6.61. The third-order valence-electron chi connectivity index (χ3n) is 2.29. The van der Waals surface area contributed by atoms with E-state index in [0.717, 1.165) is 5.69 Å². The monoisotopic (exact) mass is 263 g/mol. The maximum absolute atomic E-state index is 9.44. The molecule has 0 amide bonds. The summed E-state index contributed by atoms with van der Waals surface area (Å²) in [6.45, 7) is 6.25. The zero-order chi connectivity index (χ0) is 12.9. The fraction of sp³-hybridized carbons (Fsp3) is 0.364. The highest BCUT2D eigenvalue weighted by Gasteiger charge is 2.05. The number of anilines is 1. The number of nitrogen functional groups attached to an aromatic ring is 1. The number of carboxylic acids is 1. The summed E-state index contributed by atoms with van der Waals surface area (Å²) in [5.41, 5.74) is 10.4. The van der Waals surface area contributed by atoms with Crippen molar-refractivity contribution in [2.75, 3.05) is 5.73 Å². The first kappa shape index (κ1) is 15.1. The Kier molecular flexibility index (Phi) is 6.22. The van der Waals surface area contributed by atoms with E-state index in [0.29, 0.717) is 0 Å². The molecule has 16 heavy (non-hydrogen) atoms. The fourth-order valence-electron chi connectivity index (χ4n) is 0.977. The highest BCUT2D eigenvalue weighted by atomic mass is 35.5. The molecule has 90 valence electrons. The molecule has 0 aliphatic rings. The Hall–Kier alpha value is -0.930. The number of nitrogens with two attached hydrogens (primary N) is 1. The number of halogens is 2. The maximum Gasteiger partial charge on any atom is 0.337 e. The molecule has 5 heteroatoms. The van der Waals surface area contributed by atoms with Crippen LogP contribution in [0.1, 0.15) is 16.7 Å². The van der Waals surface area contributed by atoms with Crippen LogP contribution in [-0.4, -0.2) is 15.9 Å². The molecule has 0 radical (unpaired) electrons. The largest absolute Gasteiger partial charge is 0.479 e. The standard InChI is InChI=1S/C9H13N.C2H2Cl2O2/c1-6-4-5-9(10)8(3)7(6)2;3-1(4)2(5)6/h4-5H,10H2,1-3H3;1H,(H,5,6). The molecule has 0 aromatic heterocycles. The molecule has 1 rings (SSSR count). The van der Waals surface area contributed by atoms with Crippen LogP contribution in [0.25, 0.3) is 0 Å². The van der Waals surface area contributed by atoms with Gasteiger partial charge in [0.05, 0.1) is 0 Å². The summed E-state index contributed by atoms with van der Waals surface area (Å²) >= 11 is 9.56. The van der Waals surface area contributed by atoms with Gasteiger partial charge < -0.3 is 10.8 Å². The predicted molar refractivity (Wildman–Crippen MR) is 68.2 cm³/mol. The Bertz CT molecular complexity index is 351. The van der Waals surface area contributed by atoms with E-state index < -0.39 is 10.8 Å². The third-order valence-corrected chi connectivity index (χ3v) is 2.66. The number of aryl methyl sites for hydroxylation is 1. The molecule has 0 heterocycles. The van der Waals surface area contributed by atoms with Gasteiger partial charge in [0.25, 0.3) is 0 Å². The summed E-state index contributed by atoms with van der Waals surface area (Å²) in [6.07, 6.45) is 0. The number of hydrogen-bond acceptors (Lipinski definition) is 2. The van der Waals surface area contributed by atoms with Crippen molar-refractivity contribution in [1.82, 2.24) is 0 Å². The number of rotatable bonds is 1. The number of benzene rings is 1. The first-order chi connectivity index (χ1) is 7.27. The van der Waals surface area contributed by atoms with Crippen molar-refractivity contribution in [2.45, 2.75) is 25.6 Å². The Morgan fingerprint density at radius 1 is 1.25 bits per heavy atom. The average Bonchev–Trinajstić information content (AvgIpc) is 2.21. The van der Waals surface area contributed by atoms with E-state index in [-0.39, 0.29) is 0 Å². The number of hydrogen-bond donors (Lipinski definition) is 2. The van der Waals surface area contributed by atoms with Gasteiger partial charge in [0, 0.05) is 5.69 Å². The van der Waals surface area contributed by atoms with Crippen LogP contribution in [0, 0.1) is 20.8 Å². The van der Waals surface area contributed by atoms with E-state index in [2.05, 4.69) is 26.8 Å². The minimum absolute atomic E-state index is 0.892. The Labute approximate surface area is 105 Å². The SMILES string of the molecule is Cc1ccc(N)c(C)c1C.O=C(O)C(Cl)Cl. The summed E-state index contributed by atoms with van der Waals surface area (Å²) < 4.78 is 0. The van der Waals surface area contributed by atoms with Crippen LogP contribution in [0.4, 0.5) is 5.69 Å². The lowest BCUT2D eigenvalue weighted by Crippen LogP contribution is -2.03. The van der Waals surface area contributed by atoms with E-state index in [1.807, 2.05) is 6.07 Å². The summed E-state index contributed by atoms with van der Waals surface area (Å²) in [4.78, 5) is 8.15. The van der Waals surface area contributed by atoms with Crippen LogP contribution < -0.4 is 5.73 Å². The lowest BCUT2D eigenvalue weighted by molar-refractivity contribution is -0.135. The van der Waals surface area contributed by atoms with E-state index in [1.54, 1.807) is 0 Å². The van der Waals surface area contributed by atoms with Crippen LogP contribution in [0.5, 0.6) is 0 Å². The first-order valence-electron chi connectivity index (χ1n) is 4.60. The molecule has 0 spiro atoms. The van der Waals surface area contributed by atoms with Crippen molar-refractivity contribution in [2.24, 2.45) is 0 Å². The zero-order valence-electron chi connectivity index (χ0n) is 9.42. The molecule has 3 N–H and O–H groups in total. The van der Waals surface area contributed by atoms with Crippen LogP contribution in [0.3, 0.4) is 0 Å². The number of alkyl halides is 2. The van der Waals surface area contributed by atoms with Crippen LogP contribution in [0.15, 0.2) is 12.1 Å². The average molecular weight is 264 g/mol. The molecule has 0 bridgehead atoms. The predicted octanol–water partition coefficient (Wildman–Crippen LogP) is 3.07. The Morgan fingerprint density at radius 2 is 1.69 bits per heavy atom. The third kappa shape index (κ3) is 4.73. The molecule has 0 fully saturated rings. The van der Waals surface area contributed by atoms with Crippen molar-refractivity contribution in [1.29, 1.82) is 0 Å². The second-order valence-electron chi connectivity index (χ2n) is 3.36. The van der Waals surface area contributed by atoms with Crippen LogP contribution in [0.2, 0.25) is 0 Å². The molecule has 0 aliphatic heterocycles. The molecule has 1 aromatic carbocycles. The molecule has 0 aliphatic carbocycles. The minimum Gasteiger partial charge on any atom is -0.479 e. The Morgan fingerprint density at radius 3 is 2.00 bits per heavy atom. The van der Waals surface area contributed by atoms with Crippen molar-refractivity contribution < 1.29 is 9.90 Å². The summed E-state index contributed by atoms with van der Waals surface area (Å²) in [6, 6.07) is 4.01. The van der Waals surface area contributed by atoms with Gasteiger partial charge in [-0.05, 0) is 43.5 Å². The van der Waals surface area contributed by atoms with Gasteiger partial charge in [-0.25, -0.2) is 4.79 Å². The van der Waals surface area contributed by atoms with Gasteiger partial charge in [-0.1, -0.05) is 29.3 Å².